The number of hydrogen-bond donors (Lipinski definition) is 1. The van der Waals surface area contributed by atoms with Crippen LogP contribution in [0.15, 0.2) is 24.3 Å². The van der Waals surface area contributed by atoms with Gasteiger partial charge in [0.1, 0.15) is 0 Å². The summed E-state index contributed by atoms with van der Waals surface area (Å²) in [6.45, 7) is 2.69. The van der Waals surface area contributed by atoms with Gasteiger partial charge >= 0.3 is 12.1 Å². The molecule has 0 saturated carbocycles. The molecule has 0 atom stereocenters. The van der Waals surface area contributed by atoms with E-state index in [1.807, 2.05) is 0 Å². The van der Waals surface area contributed by atoms with E-state index in [0.717, 1.165) is 43.5 Å². The summed E-state index contributed by atoms with van der Waals surface area (Å²) in [5.74, 6) is -0.909. The molecule has 182 valence electrons. The highest BCUT2D eigenvalue weighted by Gasteiger charge is 2.30. The van der Waals surface area contributed by atoms with Crippen molar-refractivity contribution in [3.05, 3.63) is 35.4 Å². The van der Waals surface area contributed by atoms with E-state index < -0.39 is 17.6 Å². The van der Waals surface area contributed by atoms with Gasteiger partial charge in [0.05, 0.1) is 18.6 Å². The summed E-state index contributed by atoms with van der Waals surface area (Å²) in [6.07, 6.45) is 10.4. The highest BCUT2D eigenvalue weighted by atomic mass is 19.4. The highest BCUT2D eigenvalue weighted by Crippen LogP contribution is 2.29. The minimum absolute atomic E-state index is 0.0324. The lowest BCUT2D eigenvalue weighted by atomic mass is 10.1. The molecule has 0 aromatic heterocycles. The van der Waals surface area contributed by atoms with Crippen LogP contribution in [0.5, 0.6) is 0 Å². The van der Waals surface area contributed by atoms with E-state index in [-0.39, 0.29) is 24.5 Å². The van der Waals surface area contributed by atoms with E-state index in [0.29, 0.717) is 6.61 Å². The first-order valence-electron chi connectivity index (χ1n) is 12.0. The van der Waals surface area contributed by atoms with E-state index in [1.54, 1.807) is 0 Å². The maximum Gasteiger partial charge on any atom is 0.416 e. The van der Waals surface area contributed by atoms with E-state index in [2.05, 4.69) is 12.2 Å². The van der Waals surface area contributed by atoms with Crippen molar-refractivity contribution in [2.45, 2.75) is 96.6 Å². The van der Waals surface area contributed by atoms with Crippen molar-refractivity contribution in [1.82, 2.24) is 5.32 Å². The molecule has 0 unspecified atom stereocenters. The van der Waals surface area contributed by atoms with Crippen LogP contribution in [0.3, 0.4) is 0 Å². The fourth-order valence-electron chi connectivity index (χ4n) is 3.39. The van der Waals surface area contributed by atoms with Crippen molar-refractivity contribution in [1.29, 1.82) is 0 Å². The number of esters is 1. The minimum atomic E-state index is -4.44. The van der Waals surface area contributed by atoms with Crippen molar-refractivity contribution in [2.75, 3.05) is 13.2 Å². The third-order valence-corrected chi connectivity index (χ3v) is 5.35. The predicted octanol–water partition coefficient (Wildman–Crippen LogP) is 7.07. The van der Waals surface area contributed by atoms with Gasteiger partial charge < -0.3 is 10.1 Å². The lowest BCUT2D eigenvalue weighted by Gasteiger charge is -2.08. The van der Waals surface area contributed by atoms with Crippen molar-refractivity contribution >= 4 is 11.9 Å². The van der Waals surface area contributed by atoms with Crippen LogP contribution in [-0.4, -0.2) is 25.0 Å². The predicted molar refractivity (Wildman–Crippen MR) is 120 cm³/mol. The van der Waals surface area contributed by atoms with Gasteiger partial charge in [-0.1, -0.05) is 77.6 Å². The zero-order valence-corrected chi connectivity index (χ0v) is 19.3. The number of hydrogen-bond acceptors (Lipinski definition) is 3. The molecule has 1 rings (SSSR count). The van der Waals surface area contributed by atoms with Crippen LogP contribution < -0.4 is 5.32 Å². The summed E-state index contributed by atoms with van der Waals surface area (Å²) in [4.78, 5) is 23.6. The molecule has 1 aromatic rings. The Bertz CT molecular complexity index is 645. The van der Waals surface area contributed by atoms with Crippen LogP contribution in [-0.2, 0) is 15.7 Å². The molecule has 7 heteroatoms. The van der Waals surface area contributed by atoms with E-state index >= 15 is 0 Å². The van der Waals surface area contributed by atoms with Crippen molar-refractivity contribution in [3.8, 4) is 0 Å². The molecule has 4 nitrogen and oxygen atoms in total. The van der Waals surface area contributed by atoms with Crippen LogP contribution in [0.25, 0.3) is 0 Å². The first-order chi connectivity index (χ1) is 15.3. The number of carbonyl (C=O) groups is 2. The Hall–Kier alpha value is -2.05. The maximum absolute atomic E-state index is 12.5. The Labute approximate surface area is 190 Å². The molecule has 0 radical (unpaired) electrons. The average molecular weight is 458 g/mol. The first kappa shape index (κ1) is 28.0. The monoisotopic (exact) mass is 457 g/mol. The Morgan fingerprint density at radius 2 is 1.31 bits per heavy atom. The molecule has 1 amide bonds. The van der Waals surface area contributed by atoms with Crippen LogP contribution in [0.2, 0.25) is 0 Å². The number of carbonyl (C=O) groups excluding carboxylic acids is 2. The fraction of sp³-hybridized carbons (Fsp3) is 0.680. The van der Waals surface area contributed by atoms with Crippen molar-refractivity contribution in [2.24, 2.45) is 0 Å². The Balaban J connectivity index is 1.98. The zero-order valence-electron chi connectivity index (χ0n) is 19.3. The molecule has 0 aliphatic heterocycles. The molecular formula is C25H38F3NO3. The number of alkyl halides is 3. The molecule has 1 N–H and O–H groups in total. The van der Waals surface area contributed by atoms with Crippen LogP contribution in [0.1, 0.15) is 106 Å². The largest absolute Gasteiger partial charge is 0.466 e. The van der Waals surface area contributed by atoms with Crippen LogP contribution in [0.4, 0.5) is 13.2 Å². The van der Waals surface area contributed by atoms with Crippen molar-refractivity contribution in [3.63, 3.8) is 0 Å². The Kier molecular flexibility index (Phi) is 14.5. The first-order valence-corrected chi connectivity index (χ1v) is 12.0. The number of ether oxygens (including phenoxy) is 1. The fourth-order valence-corrected chi connectivity index (χ4v) is 3.39. The van der Waals surface area contributed by atoms with Gasteiger partial charge in [-0.2, -0.15) is 13.2 Å². The lowest BCUT2D eigenvalue weighted by molar-refractivity contribution is -0.143. The van der Waals surface area contributed by atoms with Crippen LogP contribution >= 0.6 is 0 Å². The second kappa shape index (κ2) is 16.6. The summed E-state index contributed by atoms with van der Waals surface area (Å²) in [5, 5.41) is 2.52. The third-order valence-electron chi connectivity index (χ3n) is 5.35. The van der Waals surface area contributed by atoms with Gasteiger partial charge in [-0.05, 0) is 30.7 Å². The third kappa shape index (κ3) is 13.4. The van der Waals surface area contributed by atoms with Gasteiger partial charge in [0, 0.05) is 12.1 Å². The lowest BCUT2D eigenvalue weighted by Crippen LogP contribution is -2.26. The van der Waals surface area contributed by atoms with Crippen LogP contribution in [0, 0.1) is 0 Å². The topological polar surface area (TPSA) is 55.4 Å². The normalized spacial score (nSPS) is 11.4. The smallest absolute Gasteiger partial charge is 0.416 e. The second-order valence-corrected chi connectivity index (χ2v) is 8.19. The van der Waals surface area contributed by atoms with E-state index in [4.69, 9.17) is 4.74 Å². The SMILES string of the molecule is CCCCCCCCCCCCCCOC(=O)CCNC(=O)c1ccc(C(F)(F)F)cc1. The van der Waals surface area contributed by atoms with Gasteiger partial charge in [-0.25, -0.2) is 0 Å². The molecule has 0 aliphatic rings. The summed E-state index contributed by atoms with van der Waals surface area (Å²) in [5.41, 5.74) is -0.696. The molecule has 0 spiro atoms. The molecule has 32 heavy (non-hydrogen) atoms. The number of rotatable bonds is 17. The number of amides is 1. The second-order valence-electron chi connectivity index (χ2n) is 8.19. The minimum Gasteiger partial charge on any atom is -0.466 e. The van der Waals surface area contributed by atoms with Gasteiger partial charge in [-0.15, -0.1) is 0 Å². The maximum atomic E-state index is 12.5. The van der Waals surface area contributed by atoms with Gasteiger partial charge in [0.15, 0.2) is 0 Å². The summed E-state index contributed by atoms with van der Waals surface area (Å²) in [7, 11) is 0. The molecule has 1 aromatic carbocycles. The van der Waals surface area contributed by atoms with Crippen molar-refractivity contribution < 1.29 is 27.5 Å². The highest BCUT2D eigenvalue weighted by molar-refractivity contribution is 5.94. The molecule has 0 bridgehead atoms. The molecule has 0 fully saturated rings. The number of unbranched alkanes of at least 4 members (excludes halogenated alkanes) is 11. The van der Waals surface area contributed by atoms with Gasteiger partial charge in [0.25, 0.3) is 5.91 Å². The number of halogens is 3. The molecule has 0 heterocycles. The number of benzene rings is 1. The summed E-state index contributed by atoms with van der Waals surface area (Å²) >= 11 is 0. The van der Waals surface area contributed by atoms with Gasteiger partial charge in [-0.3, -0.25) is 9.59 Å². The molecular weight excluding hydrogens is 419 g/mol. The average Bonchev–Trinajstić information content (AvgIpc) is 2.76. The van der Waals surface area contributed by atoms with E-state index in [9.17, 15) is 22.8 Å². The summed E-state index contributed by atoms with van der Waals surface area (Å²) < 4.78 is 42.8. The van der Waals surface area contributed by atoms with Gasteiger partial charge in [0.2, 0.25) is 0 Å². The molecule has 0 aliphatic carbocycles. The quantitative estimate of drug-likeness (QED) is 0.201. The Morgan fingerprint density at radius 1 is 0.812 bits per heavy atom. The van der Waals surface area contributed by atoms with E-state index in [1.165, 1.54) is 57.8 Å². The zero-order chi connectivity index (χ0) is 23.7. The number of nitrogens with one attached hydrogen (secondary N) is 1. The standard InChI is InChI=1S/C25H38F3NO3/c1-2-3-4-5-6-7-8-9-10-11-12-13-20-32-23(30)18-19-29-24(31)21-14-16-22(17-15-21)25(26,27)28/h14-17H,2-13,18-20H2,1H3,(H,29,31). The Morgan fingerprint density at radius 3 is 1.81 bits per heavy atom. The molecule has 0 saturated heterocycles. The summed E-state index contributed by atoms with van der Waals surface area (Å²) in [6, 6.07) is 3.95.